The maximum absolute atomic E-state index is 12.7. The second-order valence-corrected chi connectivity index (χ2v) is 7.68. The Balaban J connectivity index is 1.48. The van der Waals surface area contributed by atoms with Gasteiger partial charge < -0.3 is 15.6 Å². The first-order valence-electron chi connectivity index (χ1n) is 10.1. The SMILES string of the molecule is NC(=O)C1CCCN1Cc1ccccc1NC(=O)Cn1ccc2cc([N+](=O)[O-])ccc21. The average Bonchev–Trinajstić information content (AvgIpc) is 3.36. The first-order valence-corrected chi connectivity index (χ1v) is 10.1. The first kappa shape index (κ1) is 20.5. The largest absolute Gasteiger partial charge is 0.368 e. The van der Waals surface area contributed by atoms with Gasteiger partial charge in [0.2, 0.25) is 11.8 Å². The van der Waals surface area contributed by atoms with Crippen LogP contribution in [0.1, 0.15) is 18.4 Å². The number of benzene rings is 2. The molecule has 0 bridgehead atoms. The fourth-order valence-electron chi connectivity index (χ4n) is 4.12. The Bertz CT molecular complexity index is 1160. The number of fused-ring (bicyclic) bond motifs is 1. The molecule has 0 spiro atoms. The van der Waals surface area contributed by atoms with Gasteiger partial charge in [-0.05, 0) is 43.1 Å². The summed E-state index contributed by atoms with van der Waals surface area (Å²) >= 11 is 0. The second kappa shape index (κ2) is 8.57. The number of nitro groups is 1. The molecule has 1 fully saturated rings. The highest BCUT2D eigenvalue weighted by Gasteiger charge is 2.29. The van der Waals surface area contributed by atoms with Gasteiger partial charge in [-0.25, -0.2) is 0 Å². The minimum absolute atomic E-state index is 0.0137. The summed E-state index contributed by atoms with van der Waals surface area (Å²) in [5, 5.41) is 14.6. The van der Waals surface area contributed by atoms with Crippen LogP contribution in [0, 0.1) is 10.1 Å². The molecule has 2 amide bonds. The van der Waals surface area contributed by atoms with Gasteiger partial charge >= 0.3 is 0 Å². The van der Waals surface area contributed by atoms with E-state index in [1.54, 1.807) is 22.9 Å². The van der Waals surface area contributed by atoms with E-state index in [0.29, 0.717) is 17.6 Å². The summed E-state index contributed by atoms with van der Waals surface area (Å²) in [6, 6.07) is 13.5. The lowest BCUT2D eigenvalue weighted by atomic mass is 10.1. The van der Waals surface area contributed by atoms with E-state index in [1.807, 2.05) is 29.2 Å². The van der Waals surface area contributed by atoms with Crippen molar-refractivity contribution < 1.29 is 14.5 Å². The topological polar surface area (TPSA) is 124 Å². The molecule has 9 nitrogen and oxygen atoms in total. The summed E-state index contributed by atoms with van der Waals surface area (Å²) in [7, 11) is 0. The Hall–Kier alpha value is -3.72. The number of anilines is 1. The van der Waals surface area contributed by atoms with Crippen molar-refractivity contribution in [2.24, 2.45) is 5.73 Å². The van der Waals surface area contributed by atoms with E-state index in [4.69, 9.17) is 5.73 Å². The van der Waals surface area contributed by atoms with Gasteiger partial charge in [0.15, 0.2) is 0 Å². The highest BCUT2D eigenvalue weighted by atomic mass is 16.6. The summed E-state index contributed by atoms with van der Waals surface area (Å²) < 4.78 is 1.75. The molecule has 0 radical (unpaired) electrons. The first-order chi connectivity index (χ1) is 14.9. The monoisotopic (exact) mass is 421 g/mol. The van der Waals surface area contributed by atoms with Gasteiger partial charge in [0.25, 0.3) is 5.69 Å². The van der Waals surface area contributed by atoms with Crippen LogP contribution in [-0.4, -0.2) is 38.8 Å². The molecule has 0 saturated carbocycles. The molecule has 1 saturated heterocycles. The number of amides is 2. The molecular weight excluding hydrogens is 398 g/mol. The highest BCUT2D eigenvalue weighted by Crippen LogP contribution is 2.25. The van der Waals surface area contributed by atoms with Crippen LogP contribution in [0.25, 0.3) is 10.9 Å². The van der Waals surface area contributed by atoms with Crippen molar-refractivity contribution in [3.05, 3.63) is 70.4 Å². The third kappa shape index (κ3) is 4.41. The van der Waals surface area contributed by atoms with Crippen molar-refractivity contribution in [1.82, 2.24) is 9.47 Å². The Morgan fingerprint density at radius 2 is 2.00 bits per heavy atom. The zero-order chi connectivity index (χ0) is 22.0. The van der Waals surface area contributed by atoms with Crippen LogP contribution in [0.5, 0.6) is 0 Å². The molecule has 3 N–H and O–H groups in total. The summed E-state index contributed by atoms with van der Waals surface area (Å²) in [5.74, 6) is -0.532. The number of rotatable bonds is 7. The lowest BCUT2D eigenvalue weighted by molar-refractivity contribution is -0.384. The standard InChI is InChI=1S/C22H23N5O4/c23-22(29)20-6-3-10-25(20)13-16-4-1-2-5-18(16)24-21(28)14-26-11-9-15-12-17(27(30)31)7-8-19(15)26/h1-2,4-5,7-9,11-12,20H,3,6,10,13-14H2,(H2,23,29)(H,24,28). The van der Waals surface area contributed by atoms with Crippen molar-refractivity contribution in [3.63, 3.8) is 0 Å². The minimum Gasteiger partial charge on any atom is -0.368 e. The molecule has 1 unspecified atom stereocenters. The van der Waals surface area contributed by atoms with Crippen LogP contribution in [0.3, 0.4) is 0 Å². The molecule has 160 valence electrons. The fourth-order valence-corrected chi connectivity index (χ4v) is 4.12. The summed E-state index contributed by atoms with van der Waals surface area (Å²) in [4.78, 5) is 37.0. The normalized spacial score (nSPS) is 16.5. The number of likely N-dealkylation sites (tertiary alicyclic amines) is 1. The van der Waals surface area contributed by atoms with Gasteiger partial charge in [-0.2, -0.15) is 0 Å². The van der Waals surface area contributed by atoms with Crippen molar-refractivity contribution in [1.29, 1.82) is 0 Å². The van der Waals surface area contributed by atoms with Crippen LogP contribution in [0.15, 0.2) is 54.7 Å². The van der Waals surface area contributed by atoms with Crippen LogP contribution < -0.4 is 11.1 Å². The van der Waals surface area contributed by atoms with Crippen molar-refractivity contribution in [2.45, 2.75) is 32.0 Å². The molecule has 4 rings (SSSR count). The third-order valence-electron chi connectivity index (χ3n) is 5.64. The summed E-state index contributed by atoms with van der Waals surface area (Å²) in [6.07, 6.45) is 3.41. The maximum Gasteiger partial charge on any atom is 0.270 e. The molecule has 1 atom stereocenters. The van der Waals surface area contributed by atoms with Gasteiger partial charge in [0, 0.05) is 41.5 Å². The molecular formula is C22H23N5O4. The number of non-ortho nitro benzene ring substituents is 1. The number of hydrogen-bond donors (Lipinski definition) is 2. The lowest BCUT2D eigenvalue weighted by Gasteiger charge is -2.23. The molecule has 31 heavy (non-hydrogen) atoms. The number of nitro benzene ring substituents is 1. The predicted molar refractivity (Wildman–Crippen MR) is 116 cm³/mol. The van der Waals surface area contributed by atoms with Crippen molar-refractivity contribution in [2.75, 3.05) is 11.9 Å². The smallest absolute Gasteiger partial charge is 0.270 e. The molecule has 0 aliphatic carbocycles. The number of aromatic nitrogens is 1. The number of nitrogens with zero attached hydrogens (tertiary/aromatic N) is 3. The Morgan fingerprint density at radius 1 is 1.19 bits per heavy atom. The molecule has 9 heteroatoms. The minimum atomic E-state index is -0.441. The molecule has 2 heterocycles. The Morgan fingerprint density at radius 3 is 2.77 bits per heavy atom. The van der Waals surface area contributed by atoms with Crippen LogP contribution in [-0.2, 0) is 22.7 Å². The van der Waals surface area contributed by atoms with E-state index in [2.05, 4.69) is 5.32 Å². The lowest BCUT2D eigenvalue weighted by Crippen LogP contribution is -2.39. The summed E-state index contributed by atoms with van der Waals surface area (Å²) in [6.45, 7) is 1.39. The van der Waals surface area contributed by atoms with Crippen LogP contribution >= 0.6 is 0 Å². The number of hydrogen-bond acceptors (Lipinski definition) is 5. The van der Waals surface area contributed by atoms with Gasteiger partial charge in [0.1, 0.15) is 6.54 Å². The van der Waals surface area contributed by atoms with Crippen LogP contribution in [0.4, 0.5) is 11.4 Å². The van der Waals surface area contributed by atoms with Crippen molar-refractivity contribution in [3.8, 4) is 0 Å². The number of para-hydroxylation sites is 1. The van der Waals surface area contributed by atoms with E-state index < -0.39 is 4.92 Å². The number of nitrogens with one attached hydrogen (secondary N) is 1. The quantitative estimate of drug-likeness (QED) is 0.448. The summed E-state index contributed by atoms with van der Waals surface area (Å²) in [5.41, 5.74) is 7.88. The molecule has 2 aromatic carbocycles. The number of nitrogens with two attached hydrogens (primary N) is 1. The second-order valence-electron chi connectivity index (χ2n) is 7.68. The van der Waals surface area contributed by atoms with Crippen LogP contribution in [0.2, 0.25) is 0 Å². The van der Waals surface area contributed by atoms with Crippen molar-refractivity contribution >= 4 is 34.1 Å². The number of carbonyl (C=O) groups excluding carboxylic acids is 2. The van der Waals surface area contributed by atoms with Gasteiger partial charge in [0.05, 0.1) is 11.0 Å². The predicted octanol–water partition coefficient (Wildman–Crippen LogP) is 2.64. The number of primary amides is 1. The van der Waals surface area contributed by atoms with E-state index in [-0.39, 0.29) is 30.1 Å². The molecule has 3 aromatic rings. The zero-order valence-electron chi connectivity index (χ0n) is 16.9. The molecule has 1 aromatic heterocycles. The third-order valence-corrected chi connectivity index (χ3v) is 5.64. The zero-order valence-corrected chi connectivity index (χ0v) is 16.9. The maximum atomic E-state index is 12.7. The number of carbonyl (C=O) groups is 2. The van der Waals surface area contributed by atoms with E-state index >= 15 is 0 Å². The fraction of sp³-hybridized carbons (Fsp3) is 0.273. The molecule has 1 aliphatic rings. The Labute approximate surface area is 178 Å². The van der Waals surface area contributed by atoms with E-state index in [1.165, 1.54) is 12.1 Å². The van der Waals surface area contributed by atoms with Gasteiger partial charge in [-0.3, -0.25) is 24.6 Å². The van der Waals surface area contributed by atoms with Gasteiger partial charge in [-0.1, -0.05) is 18.2 Å². The van der Waals surface area contributed by atoms with E-state index in [0.717, 1.165) is 30.5 Å². The Kier molecular flexibility index (Phi) is 5.68. The van der Waals surface area contributed by atoms with E-state index in [9.17, 15) is 19.7 Å². The van der Waals surface area contributed by atoms with Gasteiger partial charge in [-0.15, -0.1) is 0 Å². The molecule has 1 aliphatic heterocycles. The highest BCUT2D eigenvalue weighted by molar-refractivity contribution is 5.93. The average molecular weight is 421 g/mol.